The molecule has 5 rings (SSSR count). The molecule has 0 aromatic heterocycles. The fraction of sp³-hybridized carbons (Fsp3) is 0.200. The molecule has 1 heterocycles. The van der Waals surface area contributed by atoms with E-state index in [1.165, 1.54) is 16.8 Å². The number of nitrogens with one attached hydrogen (secondary N) is 1. The number of aliphatic hydroxyl groups excluding tert-OH is 1. The lowest BCUT2D eigenvalue weighted by molar-refractivity contribution is 0.149. The number of rotatable bonds is 6. The summed E-state index contributed by atoms with van der Waals surface area (Å²) in [6.07, 6.45) is 0.891. The Morgan fingerprint density at radius 1 is 0.667 bits per heavy atom. The van der Waals surface area contributed by atoms with E-state index in [9.17, 15) is 5.11 Å². The Morgan fingerprint density at radius 2 is 1.18 bits per heavy atom. The molecule has 0 spiro atoms. The Hall–Kier alpha value is -3.56. The van der Waals surface area contributed by atoms with Crippen molar-refractivity contribution in [3.63, 3.8) is 0 Å². The maximum absolute atomic E-state index is 10.7. The van der Waals surface area contributed by atoms with Crippen molar-refractivity contribution in [3.05, 3.63) is 132 Å². The van der Waals surface area contributed by atoms with Gasteiger partial charge < -0.3 is 15.3 Å². The predicted octanol–water partition coefficient (Wildman–Crippen LogP) is 6.47. The number of hydrogen-bond donors (Lipinski definition) is 2. The Morgan fingerprint density at radius 3 is 1.76 bits per heavy atom. The van der Waals surface area contributed by atoms with Crippen LogP contribution in [0.4, 0.5) is 11.4 Å². The van der Waals surface area contributed by atoms with Crippen molar-refractivity contribution in [1.82, 2.24) is 0 Å². The lowest BCUT2D eigenvalue weighted by atomic mass is 9.76. The molecule has 1 fully saturated rings. The summed E-state index contributed by atoms with van der Waals surface area (Å²) in [7, 11) is 0. The number of hydrogen-bond acceptors (Lipinski definition) is 3. The van der Waals surface area contributed by atoms with Crippen LogP contribution in [0.25, 0.3) is 0 Å². The number of para-hydroxylation sites is 2. The highest BCUT2D eigenvalue weighted by Crippen LogP contribution is 2.48. The lowest BCUT2D eigenvalue weighted by Crippen LogP contribution is -2.51. The molecule has 0 saturated carbocycles. The average Bonchev–Trinajstić information content (AvgIpc) is 2.90. The van der Waals surface area contributed by atoms with E-state index in [1.54, 1.807) is 0 Å². The molecule has 1 saturated heterocycles. The molecule has 0 radical (unpaired) electrons. The number of nitrogens with zero attached hydrogens (tertiary/aromatic N) is 1. The summed E-state index contributed by atoms with van der Waals surface area (Å²) in [6, 6.07) is 42.7. The van der Waals surface area contributed by atoms with Crippen LogP contribution in [-0.2, 0) is 0 Å². The van der Waals surface area contributed by atoms with Crippen molar-refractivity contribution in [3.8, 4) is 0 Å². The van der Waals surface area contributed by atoms with Crippen LogP contribution in [0.1, 0.15) is 29.6 Å². The molecular formula is C30H30N2O. The van der Waals surface area contributed by atoms with Gasteiger partial charge in [0.25, 0.3) is 0 Å². The normalized spacial score (nSPS) is 22.6. The maximum atomic E-state index is 10.7. The van der Waals surface area contributed by atoms with Crippen LogP contribution in [-0.4, -0.2) is 17.8 Å². The van der Waals surface area contributed by atoms with E-state index in [-0.39, 0.29) is 30.7 Å². The summed E-state index contributed by atoms with van der Waals surface area (Å²) in [5, 5.41) is 14.5. The molecule has 4 aromatic carbocycles. The van der Waals surface area contributed by atoms with Crippen molar-refractivity contribution in [2.75, 3.05) is 16.8 Å². The zero-order valence-electron chi connectivity index (χ0n) is 18.7. The fourth-order valence-corrected chi connectivity index (χ4v) is 5.26. The second-order valence-corrected chi connectivity index (χ2v) is 8.72. The van der Waals surface area contributed by atoms with Crippen molar-refractivity contribution in [2.24, 2.45) is 5.92 Å². The lowest BCUT2D eigenvalue weighted by Gasteiger charge is -2.51. The van der Waals surface area contributed by atoms with Gasteiger partial charge in [-0.3, -0.25) is 0 Å². The Balaban J connectivity index is 1.64. The van der Waals surface area contributed by atoms with E-state index < -0.39 is 0 Å². The van der Waals surface area contributed by atoms with Crippen LogP contribution in [0.15, 0.2) is 121 Å². The summed E-state index contributed by atoms with van der Waals surface area (Å²) in [5.41, 5.74) is 4.78. The van der Waals surface area contributed by atoms with Gasteiger partial charge in [-0.05, 0) is 41.8 Å². The molecule has 1 aliphatic rings. The van der Waals surface area contributed by atoms with E-state index in [0.717, 1.165) is 12.1 Å². The summed E-state index contributed by atoms with van der Waals surface area (Å²) in [4.78, 5) is 2.52. The molecule has 33 heavy (non-hydrogen) atoms. The third-order valence-corrected chi connectivity index (χ3v) is 6.75. The summed E-state index contributed by atoms with van der Waals surface area (Å²) in [6.45, 7) is 0.106. The third-order valence-electron chi connectivity index (χ3n) is 6.75. The van der Waals surface area contributed by atoms with Gasteiger partial charge in [-0.15, -0.1) is 0 Å². The van der Waals surface area contributed by atoms with Crippen LogP contribution in [0.5, 0.6) is 0 Å². The number of anilines is 2. The van der Waals surface area contributed by atoms with Gasteiger partial charge in [0, 0.05) is 23.3 Å². The van der Waals surface area contributed by atoms with E-state index in [0.29, 0.717) is 0 Å². The van der Waals surface area contributed by atoms with Gasteiger partial charge in [0.15, 0.2) is 0 Å². The quantitative estimate of drug-likeness (QED) is 0.365. The van der Waals surface area contributed by atoms with Crippen molar-refractivity contribution < 1.29 is 5.11 Å². The van der Waals surface area contributed by atoms with Crippen LogP contribution >= 0.6 is 0 Å². The van der Waals surface area contributed by atoms with E-state index in [1.807, 2.05) is 6.07 Å². The minimum absolute atomic E-state index is 0.0211. The summed E-state index contributed by atoms with van der Waals surface area (Å²) < 4.78 is 0. The predicted molar refractivity (Wildman–Crippen MR) is 136 cm³/mol. The van der Waals surface area contributed by atoms with E-state index in [4.69, 9.17) is 0 Å². The molecule has 166 valence electrons. The Bertz CT molecular complexity index is 1120. The number of benzene rings is 4. The molecule has 1 aliphatic heterocycles. The largest absolute Gasteiger partial charge is 0.396 e. The van der Waals surface area contributed by atoms with Crippen molar-refractivity contribution in [1.29, 1.82) is 0 Å². The molecular weight excluding hydrogens is 404 g/mol. The second kappa shape index (κ2) is 9.93. The molecule has 4 atom stereocenters. The highest BCUT2D eigenvalue weighted by atomic mass is 16.3. The Kier molecular flexibility index (Phi) is 6.41. The zero-order valence-corrected chi connectivity index (χ0v) is 18.7. The summed E-state index contributed by atoms with van der Waals surface area (Å²) in [5.74, 6) is 0.0211. The van der Waals surface area contributed by atoms with Gasteiger partial charge in [-0.1, -0.05) is 97.1 Å². The molecule has 0 bridgehead atoms. The first-order valence-electron chi connectivity index (χ1n) is 11.7. The van der Waals surface area contributed by atoms with Crippen LogP contribution in [0, 0.1) is 5.92 Å². The molecule has 0 aliphatic carbocycles. The highest BCUT2D eigenvalue weighted by molar-refractivity contribution is 5.54. The molecule has 0 unspecified atom stereocenters. The minimum Gasteiger partial charge on any atom is -0.396 e. The monoisotopic (exact) mass is 434 g/mol. The topological polar surface area (TPSA) is 35.5 Å². The van der Waals surface area contributed by atoms with Gasteiger partial charge in [-0.2, -0.15) is 0 Å². The number of piperidine rings is 1. The zero-order chi connectivity index (χ0) is 22.5. The third kappa shape index (κ3) is 4.50. The van der Waals surface area contributed by atoms with E-state index >= 15 is 0 Å². The minimum atomic E-state index is 0.0211. The maximum Gasteiger partial charge on any atom is 0.0618 e. The molecule has 3 nitrogen and oxygen atoms in total. The Labute approximate surface area is 196 Å². The first kappa shape index (κ1) is 21.3. The SMILES string of the molecule is OC[C@@H]1[C@@H](Nc2ccccc2)C[C@@H](c2ccccc2)N(c2ccccc2)[C@@H]1c1ccccc1. The average molecular weight is 435 g/mol. The van der Waals surface area contributed by atoms with Gasteiger partial charge in [0.05, 0.1) is 18.7 Å². The molecule has 2 N–H and O–H groups in total. The van der Waals surface area contributed by atoms with Gasteiger partial charge in [-0.25, -0.2) is 0 Å². The second-order valence-electron chi connectivity index (χ2n) is 8.72. The van der Waals surface area contributed by atoms with E-state index in [2.05, 4.69) is 125 Å². The smallest absolute Gasteiger partial charge is 0.0618 e. The van der Waals surface area contributed by atoms with Crippen LogP contribution in [0.3, 0.4) is 0 Å². The molecule has 3 heteroatoms. The fourth-order valence-electron chi connectivity index (χ4n) is 5.26. The van der Waals surface area contributed by atoms with Crippen LogP contribution in [0.2, 0.25) is 0 Å². The molecule has 4 aromatic rings. The van der Waals surface area contributed by atoms with Gasteiger partial charge in [0.1, 0.15) is 0 Å². The highest BCUT2D eigenvalue weighted by Gasteiger charge is 2.44. The van der Waals surface area contributed by atoms with Gasteiger partial charge >= 0.3 is 0 Å². The first-order valence-corrected chi connectivity index (χ1v) is 11.7. The number of aliphatic hydroxyl groups is 1. The standard InChI is InChI=1S/C30H30N2O/c33-22-27-28(31-25-17-9-3-10-18-25)21-29(23-13-5-1-6-14-23)32(26-19-11-4-12-20-26)30(27)24-15-7-2-8-16-24/h1-20,27-31,33H,21-22H2/t27-,28+,29+,30-/m1/s1. The van der Waals surface area contributed by atoms with Crippen molar-refractivity contribution >= 4 is 11.4 Å². The summed E-state index contributed by atoms with van der Waals surface area (Å²) >= 11 is 0. The van der Waals surface area contributed by atoms with Gasteiger partial charge in [0.2, 0.25) is 0 Å². The van der Waals surface area contributed by atoms with Crippen molar-refractivity contribution in [2.45, 2.75) is 24.5 Å². The molecule has 0 amide bonds. The first-order chi connectivity index (χ1) is 16.3. The van der Waals surface area contributed by atoms with Crippen LogP contribution < -0.4 is 10.2 Å².